The van der Waals surface area contributed by atoms with E-state index in [2.05, 4.69) is 45.6 Å². The molecule has 0 aliphatic heterocycles. The molecule has 1 aromatic carbocycles. The third-order valence-corrected chi connectivity index (χ3v) is 3.87. The summed E-state index contributed by atoms with van der Waals surface area (Å²) in [4.78, 5) is 11.8. The third kappa shape index (κ3) is 1.93. The Morgan fingerprint density at radius 2 is 2.06 bits per heavy atom. The molecule has 1 heterocycles. The summed E-state index contributed by atoms with van der Waals surface area (Å²) >= 11 is 3.53. The predicted octanol–water partition coefficient (Wildman–Crippen LogP) is 4.07. The molecule has 18 heavy (non-hydrogen) atoms. The number of benzene rings is 1. The number of Topliss-reactive ketones (excluding diaryl/α,β-unsaturated/α-hetero) is 1. The number of rotatable bonds is 1. The number of carbonyl (C=O) groups is 1. The van der Waals surface area contributed by atoms with Crippen molar-refractivity contribution in [2.45, 2.75) is 26.2 Å². The fourth-order valence-electron chi connectivity index (χ4n) is 2.62. The zero-order chi connectivity index (χ0) is 12.7. The summed E-state index contributed by atoms with van der Waals surface area (Å²) in [6.07, 6.45) is 4.64. The Bertz CT molecular complexity index is 607. The number of halogens is 1. The lowest BCUT2D eigenvalue weighted by atomic mass is 9.96. The van der Waals surface area contributed by atoms with E-state index < -0.39 is 0 Å². The van der Waals surface area contributed by atoms with Crippen LogP contribution in [0.1, 0.15) is 34.5 Å². The first-order valence-corrected chi connectivity index (χ1v) is 6.95. The molecule has 0 unspecified atom stereocenters. The number of hydrogen-bond donors (Lipinski definition) is 0. The van der Waals surface area contributed by atoms with Gasteiger partial charge in [-0.1, -0.05) is 15.9 Å². The largest absolute Gasteiger partial charge is 0.320 e. The molecule has 0 saturated carbocycles. The fraction of sp³-hybridized carbons (Fsp3) is 0.267. The van der Waals surface area contributed by atoms with Gasteiger partial charge in [0.15, 0.2) is 5.78 Å². The molecular formula is C15H14BrNO. The monoisotopic (exact) mass is 303 g/mol. The quantitative estimate of drug-likeness (QED) is 0.778. The molecule has 2 aromatic rings. The molecule has 0 N–H and O–H groups in total. The fourth-order valence-corrected chi connectivity index (χ4v) is 3.22. The Labute approximate surface area is 115 Å². The molecular weight excluding hydrogens is 290 g/mol. The molecule has 3 heteroatoms. The van der Waals surface area contributed by atoms with Crippen molar-refractivity contribution in [2.75, 3.05) is 0 Å². The molecule has 1 aliphatic rings. The van der Waals surface area contributed by atoms with Crippen LogP contribution in [0.15, 0.2) is 34.9 Å². The van der Waals surface area contributed by atoms with Crippen molar-refractivity contribution in [3.05, 3.63) is 51.8 Å². The Morgan fingerprint density at radius 1 is 1.22 bits per heavy atom. The second-order valence-electron chi connectivity index (χ2n) is 4.81. The van der Waals surface area contributed by atoms with Gasteiger partial charge in [-0.2, -0.15) is 0 Å². The van der Waals surface area contributed by atoms with E-state index >= 15 is 0 Å². The lowest BCUT2D eigenvalue weighted by Gasteiger charge is -2.15. The summed E-state index contributed by atoms with van der Waals surface area (Å²) in [6.45, 7) is 2.08. The van der Waals surface area contributed by atoms with E-state index in [4.69, 9.17) is 0 Å². The van der Waals surface area contributed by atoms with Crippen LogP contribution in [0.5, 0.6) is 0 Å². The molecule has 3 rings (SSSR count). The van der Waals surface area contributed by atoms with Gasteiger partial charge in [0.05, 0.1) is 0 Å². The zero-order valence-electron chi connectivity index (χ0n) is 10.2. The van der Waals surface area contributed by atoms with Crippen LogP contribution in [0.25, 0.3) is 5.69 Å². The first-order chi connectivity index (χ1) is 8.65. The van der Waals surface area contributed by atoms with Crippen LogP contribution in [-0.2, 0) is 6.42 Å². The molecule has 1 aromatic heterocycles. The minimum atomic E-state index is 0.279. The van der Waals surface area contributed by atoms with Crippen molar-refractivity contribution in [1.82, 2.24) is 4.57 Å². The highest BCUT2D eigenvalue weighted by molar-refractivity contribution is 9.10. The maximum Gasteiger partial charge on any atom is 0.164 e. The number of carbonyl (C=O) groups excluding carboxylic acids is 1. The number of ketones is 1. The second-order valence-corrected chi connectivity index (χ2v) is 5.73. The Kier molecular flexibility index (Phi) is 2.86. The molecule has 0 spiro atoms. The minimum Gasteiger partial charge on any atom is -0.320 e. The predicted molar refractivity (Wildman–Crippen MR) is 75.5 cm³/mol. The molecule has 0 radical (unpaired) electrons. The molecule has 0 bridgehead atoms. The molecule has 92 valence electrons. The topological polar surface area (TPSA) is 22.0 Å². The molecule has 0 amide bonds. The first-order valence-electron chi connectivity index (χ1n) is 6.16. The summed E-state index contributed by atoms with van der Waals surface area (Å²) < 4.78 is 3.21. The lowest BCUT2D eigenvalue weighted by molar-refractivity contribution is 0.0972. The number of aromatic nitrogens is 1. The van der Waals surface area contributed by atoms with Gasteiger partial charge in [0.2, 0.25) is 0 Å². The summed E-state index contributed by atoms with van der Waals surface area (Å²) in [5.74, 6) is 0.279. The van der Waals surface area contributed by atoms with Crippen molar-refractivity contribution < 1.29 is 4.79 Å². The average Bonchev–Trinajstić information content (AvgIpc) is 2.73. The molecule has 0 fully saturated rings. The van der Waals surface area contributed by atoms with Gasteiger partial charge in [0, 0.05) is 34.0 Å². The number of fused-ring (bicyclic) bond motifs is 1. The summed E-state index contributed by atoms with van der Waals surface area (Å²) in [6, 6.07) is 8.27. The van der Waals surface area contributed by atoms with Gasteiger partial charge in [-0.05, 0) is 49.6 Å². The molecule has 0 saturated heterocycles. The minimum absolute atomic E-state index is 0.279. The SMILES string of the molecule is Cc1cc(Br)cc(-n2ccc3c2CCCC3=O)c1. The van der Waals surface area contributed by atoms with Gasteiger partial charge in [0.25, 0.3) is 0 Å². The van der Waals surface area contributed by atoms with E-state index in [1.807, 2.05) is 12.3 Å². The molecule has 2 nitrogen and oxygen atoms in total. The zero-order valence-corrected chi connectivity index (χ0v) is 11.8. The number of aryl methyl sites for hydroxylation is 1. The summed E-state index contributed by atoms with van der Waals surface area (Å²) in [5.41, 5.74) is 4.39. The van der Waals surface area contributed by atoms with Crippen LogP contribution in [0.4, 0.5) is 0 Å². The molecule has 1 aliphatic carbocycles. The van der Waals surface area contributed by atoms with Crippen molar-refractivity contribution in [1.29, 1.82) is 0 Å². The van der Waals surface area contributed by atoms with Crippen molar-refractivity contribution in [3.8, 4) is 5.69 Å². The van der Waals surface area contributed by atoms with Gasteiger partial charge in [-0.25, -0.2) is 0 Å². The van der Waals surface area contributed by atoms with Crippen LogP contribution >= 0.6 is 15.9 Å². The van der Waals surface area contributed by atoms with E-state index in [9.17, 15) is 4.79 Å². The highest BCUT2D eigenvalue weighted by atomic mass is 79.9. The highest BCUT2D eigenvalue weighted by Crippen LogP contribution is 2.27. The van der Waals surface area contributed by atoms with Crippen LogP contribution in [0.3, 0.4) is 0 Å². The number of hydrogen-bond acceptors (Lipinski definition) is 1. The standard InChI is InChI=1S/C15H14BrNO/c1-10-7-11(16)9-12(8-10)17-6-5-13-14(17)3-2-4-15(13)18/h5-9H,2-4H2,1H3. The van der Waals surface area contributed by atoms with Crippen molar-refractivity contribution >= 4 is 21.7 Å². The van der Waals surface area contributed by atoms with Crippen LogP contribution in [-0.4, -0.2) is 10.4 Å². The molecule has 0 atom stereocenters. The Hall–Kier alpha value is -1.35. The highest BCUT2D eigenvalue weighted by Gasteiger charge is 2.21. The van der Waals surface area contributed by atoms with Crippen LogP contribution < -0.4 is 0 Å². The van der Waals surface area contributed by atoms with Crippen molar-refractivity contribution in [3.63, 3.8) is 0 Å². The smallest absolute Gasteiger partial charge is 0.164 e. The van der Waals surface area contributed by atoms with Gasteiger partial charge < -0.3 is 4.57 Å². The summed E-state index contributed by atoms with van der Waals surface area (Å²) in [7, 11) is 0. The maximum absolute atomic E-state index is 11.8. The van der Waals surface area contributed by atoms with E-state index in [1.165, 1.54) is 5.56 Å². The van der Waals surface area contributed by atoms with E-state index in [-0.39, 0.29) is 5.78 Å². The normalized spacial score (nSPS) is 14.7. The summed E-state index contributed by atoms with van der Waals surface area (Å²) in [5, 5.41) is 0. The van der Waals surface area contributed by atoms with Crippen LogP contribution in [0.2, 0.25) is 0 Å². The van der Waals surface area contributed by atoms with Crippen LogP contribution in [0, 0.1) is 6.92 Å². The van der Waals surface area contributed by atoms with E-state index in [1.54, 1.807) is 0 Å². The lowest BCUT2D eigenvalue weighted by Crippen LogP contribution is -2.12. The van der Waals surface area contributed by atoms with E-state index in [0.29, 0.717) is 6.42 Å². The Balaban J connectivity index is 2.15. The third-order valence-electron chi connectivity index (χ3n) is 3.41. The average molecular weight is 304 g/mol. The first kappa shape index (κ1) is 11.7. The van der Waals surface area contributed by atoms with Gasteiger partial charge in [-0.3, -0.25) is 4.79 Å². The maximum atomic E-state index is 11.8. The van der Waals surface area contributed by atoms with Gasteiger partial charge in [-0.15, -0.1) is 0 Å². The van der Waals surface area contributed by atoms with Gasteiger partial charge >= 0.3 is 0 Å². The van der Waals surface area contributed by atoms with Gasteiger partial charge in [0.1, 0.15) is 0 Å². The van der Waals surface area contributed by atoms with Crippen molar-refractivity contribution in [2.24, 2.45) is 0 Å². The Morgan fingerprint density at radius 3 is 2.83 bits per heavy atom. The number of nitrogens with zero attached hydrogens (tertiary/aromatic N) is 1. The van der Waals surface area contributed by atoms with E-state index in [0.717, 1.165) is 34.3 Å². The second kappa shape index (κ2) is 4.39.